The Hall–Kier alpha value is -2.41. The van der Waals surface area contributed by atoms with Crippen molar-refractivity contribution in [1.29, 1.82) is 0 Å². The number of rotatable bonds is 4. The molecule has 2 aromatic carbocycles. The molecule has 0 aromatic heterocycles. The number of methoxy groups -OCH3 is 1. The molecule has 1 aliphatic heterocycles. The van der Waals surface area contributed by atoms with Crippen LogP contribution in [-0.4, -0.2) is 30.6 Å². The van der Waals surface area contributed by atoms with Gasteiger partial charge in [0, 0.05) is 24.8 Å². The molecular weight excluding hydrogens is 362 g/mol. The molecule has 3 nitrogen and oxygen atoms in total. The third-order valence-corrected chi connectivity index (χ3v) is 4.96. The molecule has 0 aliphatic carbocycles. The topological polar surface area (TPSA) is 29.5 Å². The van der Waals surface area contributed by atoms with Crippen molar-refractivity contribution in [3.05, 3.63) is 71.5 Å². The summed E-state index contributed by atoms with van der Waals surface area (Å²) in [7, 11) is 0.868. The molecule has 7 heteroatoms. The van der Waals surface area contributed by atoms with Gasteiger partial charge >= 0.3 is 6.18 Å². The Morgan fingerprint density at radius 1 is 1.07 bits per heavy atom. The number of carbonyl (C=O) groups excluding carboxylic acids is 1. The van der Waals surface area contributed by atoms with Crippen molar-refractivity contribution in [2.45, 2.75) is 30.7 Å². The first-order chi connectivity index (χ1) is 12.8. The Morgan fingerprint density at radius 3 is 2.30 bits per heavy atom. The van der Waals surface area contributed by atoms with Crippen LogP contribution < -0.4 is 0 Å². The van der Waals surface area contributed by atoms with E-state index in [1.54, 1.807) is 12.1 Å². The van der Waals surface area contributed by atoms with Gasteiger partial charge in [0.25, 0.3) is 11.5 Å². The van der Waals surface area contributed by atoms with E-state index in [9.17, 15) is 22.4 Å². The van der Waals surface area contributed by atoms with E-state index in [4.69, 9.17) is 4.74 Å². The minimum atomic E-state index is -4.98. The summed E-state index contributed by atoms with van der Waals surface area (Å²) in [6.45, 7) is 0.103. The molecular formula is C20H19F4NO2. The Labute approximate surface area is 154 Å². The summed E-state index contributed by atoms with van der Waals surface area (Å²) in [6.07, 6.45) is -4.11. The molecule has 0 N–H and O–H groups in total. The summed E-state index contributed by atoms with van der Waals surface area (Å²) >= 11 is 0. The van der Waals surface area contributed by atoms with Crippen molar-refractivity contribution in [1.82, 2.24) is 4.90 Å². The van der Waals surface area contributed by atoms with Crippen molar-refractivity contribution in [3.8, 4) is 0 Å². The lowest BCUT2D eigenvalue weighted by atomic mass is 9.90. The van der Waals surface area contributed by atoms with Crippen molar-refractivity contribution in [2.24, 2.45) is 0 Å². The molecule has 0 bridgehead atoms. The predicted molar refractivity (Wildman–Crippen MR) is 91.3 cm³/mol. The second-order valence-corrected chi connectivity index (χ2v) is 6.43. The zero-order chi connectivity index (χ0) is 19.7. The largest absolute Gasteiger partial charge is 0.430 e. The summed E-state index contributed by atoms with van der Waals surface area (Å²) in [6, 6.07) is 11.9. The number of likely N-dealkylation sites (tertiary alicyclic amines) is 1. The fourth-order valence-corrected chi connectivity index (χ4v) is 3.68. The van der Waals surface area contributed by atoms with Gasteiger partial charge in [0.2, 0.25) is 0 Å². The number of ether oxygens (including phenoxy) is 1. The molecule has 27 heavy (non-hydrogen) atoms. The fraction of sp³-hybridized carbons (Fsp3) is 0.350. The standard InChI is InChI=1S/C20H19F4NO2/c1-27-19(20(22,23)24,14-8-3-2-4-9-14)18(26)25-13-7-12-17(25)15-10-5-6-11-16(15)21/h2-6,8-11,17H,7,12-13H2,1H3/t17-,19?/m1/s1. The van der Waals surface area contributed by atoms with Crippen LogP contribution in [0.5, 0.6) is 0 Å². The normalized spacial score (nSPS) is 19.7. The molecule has 0 radical (unpaired) electrons. The second kappa shape index (κ2) is 7.31. The summed E-state index contributed by atoms with van der Waals surface area (Å²) in [5, 5.41) is 0. The quantitative estimate of drug-likeness (QED) is 0.725. The van der Waals surface area contributed by atoms with Crippen LogP contribution in [0.2, 0.25) is 0 Å². The zero-order valence-corrected chi connectivity index (χ0v) is 14.7. The lowest BCUT2D eigenvalue weighted by molar-refractivity contribution is -0.270. The molecule has 1 aliphatic rings. The molecule has 1 saturated heterocycles. The average molecular weight is 381 g/mol. The fourth-order valence-electron chi connectivity index (χ4n) is 3.68. The molecule has 2 atom stereocenters. The van der Waals surface area contributed by atoms with Crippen LogP contribution in [0.25, 0.3) is 0 Å². The Kier molecular flexibility index (Phi) is 5.24. The monoisotopic (exact) mass is 381 g/mol. The predicted octanol–water partition coefficient (Wildman–Crippen LogP) is 4.59. The zero-order valence-electron chi connectivity index (χ0n) is 14.7. The van der Waals surface area contributed by atoms with Crippen molar-refractivity contribution in [2.75, 3.05) is 13.7 Å². The molecule has 1 heterocycles. The first-order valence-corrected chi connectivity index (χ1v) is 8.56. The minimum Gasteiger partial charge on any atom is -0.356 e. The maximum atomic E-state index is 14.2. The average Bonchev–Trinajstić information content (AvgIpc) is 3.12. The highest BCUT2D eigenvalue weighted by Gasteiger charge is 2.64. The van der Waals surface area contributed by atoms with E-state index in [1.807, 2.05) is 0 Å². The van der Waals surface area contributed by atoms with Crippen LogP contribution >= 0.6 is 0 Å². The second-order valence-electron chi connectivity index (χ2n) is 6.43. The van der Waals surface area contributed by atoms with Gasteiger partial charge in [-0.2, -0.15) is 13.2 Å². The molecule has 1 fully saturated rings. The smallest absolute Gasteiger partial charge is 0.356 e. The third-order valence-electron chi connectivity index (χ3n) is 4.96. The van der Waals surface area contributed by atoms with E-state index in [-0.39, 0.29) is 17.7 Å². The van der Waals surface area contributed by atoms with E-state index < -0.39 is 29.5 Å². The van der Waals surface area contributed by atoms with E-state index >= 15 is 0 Å². The lowest BCUT2D eigenvalue weighted by Gasteiger charge is -2.38. The highest BCUT2D eigenvalue weighted by molar-refractivity contribution is 5.88. The van der Waals surface area contributed by atoms with Gasteiger partial charge in [0.05, 0.1) is 6.04 Å². The minimum absolute atomic E-state index is 0.103. The maximum absolute atomic E-state index is 14.2. The maximum Gasteiger partial charge on any atom is 0.430 e. The number of halogens is 4. The van der Waals surface area contributed by atoms with E-state index in [0.717, 1.165) is 12.0 Å². The number of nitrogens with zero attached hydrogens (tertiary/aromatic N) is 1. The van der Waals surface area contributed by atoms with Crippen LogP contribution in [-0.2, 0) is 15.1 Å². The van der Waals surface area contributed by atoms with Gasteiger partial charge < -0.3 is 9.64 Å². The summed E-state index contributed by atoms with van der Waals surface area (Å²) in [4.78, 5) is 14.3. The Bertz CT molecular complexity index is 809. The number of carbonyl (C=O) groups is 1. The molecule has 0 saturated carbocycles. The highest BCUT2D eigenvalue weighted by Crippen LogP contribution is 2.46. The van der Waals surface area contributed by atoms with Crippen LogP contribution in [0, 0.1) is 5.82 Å². The number of hydrogen-bond donors (Lipinski definition) is 0. The summed E-state index contributed by atoms with van der Waals surface area (Å²) in [5.41, 5.74) is -3.23. The number of hydrogen-bond acceptors (Lipinski definition) is 2. The van der Waals surface area contributed by atoms with Gasteiger partial charge in [-0.3, -0.25) is 4.79 Å². The van der Waals surface area contributed by atoms with Crippen LogP contribution in [0.1, 0.15) is 30.0 Å². The van der Waals surface area contributed by atoms with Gasteiger partial charge in [0.1, 0.15) is 5.82 Å². The van der Waals surface area contributed by atoms with Crippen LogP contribution in [0.15, 0.2) is 54.6 Å². The SMILES string of the molecule is COC(C(=O)N1CCC[C@@H]1c1ccccc1F)(c1ccccc1)C(F)(F)F. The van der Waals surface area contributed by atoms with Gasteiger partial charge in [0.15, 0.2) is 0 Å². The van der Waals surface area contributed by atoms with Gasteiger partial charge in [-0.15, -0.1) is 0 Å². The van der Waals surface area contributed by atoms with Crippen molar-refractivity contribution >= 4 is 5.91 Å². The molecule has 3 rings (SSSR count). The van der Waals surface area contributed by atoms with Crippen molar-refractivity contribution < 1.29 is 27.1 Å². The van der Waals surface area contributed by atoms with Gasteiger partial charge in [-0.25, -0.2) is 4.39 Å². The van der Waals surface area contributed by atoms with Gasteiger partial charge in [-0.1, -0.05) is 48.5 Å². The first kappa shape index (κ1) is 19.4. The van der Waals surface area contributed by atoms with Crippen molar-refractivity contribution in [3.63, 3.8) is 0 Å². The number of alkyl halides is 3. The molecule has 144 valence electrons. The number of amides is 1. The third kappa shape index (κ3) is 3.20. The summed E-state index contributed by atoms with van der Waals surface area (Å²) in [5.74, 6) is -1.77. The lowest BCUT2D eigenvalue weighted by Crippen LogP contribution is -2.56. The highest BCUT2D eigenvalue weighted by atomic mass is 19.4. The molecule has 0 spiro atoms. The number of benzene rings is 2. The van der Waals surface area contributed by atoms with E-state index in [2.05, 4.69) is 0 Å². The van der Waals surface area contributed by atoms with Crippen LogP contribution in [0.4, 0.5) is 17.6 Å². The Morgan fingerprint density at radius 2 is 1.70 bits per heavy atom. The molecule has 2 aromatic rings. The Balaban J connectivity index is 2.08. The molecule has 1 unspecified atom stereocenters. The summed E-state index contributed by atoms with van der Waals surface area (Å²) < 4.78 is 61.5. The molecule has 1 amide bonds. The van der Waals surface area contributed by atoms with E-state index in [0.29, 0.717) is 12.8 Å². The first-order valence-electron chi connectivity index (χ1n) is 8.56. The van der Waals surface area contributed by atoms with Gasteiger partial charge in [-0.05, 0) is 18.9 Å². The van der Waals surface area contributed by atoms with Crippen LogP contribution in [0.3, 0.4) is 0 Å². The van der Waals surface area contributed by atoms with E-state index in [1.165, 1.54) is 42.5 Å².